The van der Waals surface area contributed by atoms with Gasteiger partial charge in [-0.15, -0.1) is 0 Å². The van der Waals surface area contributed by atoms with Crippen LogP contribution in [0.4, 0.5) is 36.6 Å². The molecule has 0 spiro atoms. The van der Waals surface area contributed by atoms with Crippen molar-refractivity contribution in [2.45, 2.75) is 69.0 Å². The minimum Gasteiger partial charge on any atom is -0.461 e. The van der Waals surface area contributed by atoms with Gasteiger partial charge in [-0.25, -0.2) is 17.6 Å². The van der Waals surface area contributed by atoms with Gasteiger partial charge in [-0.2, -0.15) is 28.2 Å². The molecule has 4 atom stereocenters. The first kappa shape index (κ1) is 29.7. The van der Waals surface area contributed by atoms with Crippen LogP contribution < -0.4 is 15.0 Å². The van der Waals surface area contributed by atoms with Crippen LogP contribution in [-0.2, 0) is 6.18 Å². The average molecular weight is 650 g/mol. The molecule has 4 aliphatic heterocycles. The predicted octanol–water partition coefficient (Wildman–Crippen LogP) is 5.81. The van der Waals surface area contributed by atoms with Crippen molar-refractivity contribution in [3.63, 3.8) is 0 Å². The smallest absolute Gasteiger partial charge is 0.417 e. The number of aromatic nitrogens is 4. The SMILES string of the molecule is Cc1c(C(F)(F)F)c(-c2c(F)cc3c(N4CC5CCC(C4)N5)nc(OC[C@@]45CCCN4C[C@H](F)C5)nc3c2F)c2cn[nH]c2c1F. The van der Waals surface area contributed by atoms with Crippen molar-refractivity contribution in [1.29, 1.82) is 0 Å². The number of alkyl halides is 4. The van der Waals surface area contributed by atoms with Crippen LogP contribution in [0.5, 0.6) is 6.01 Å². The van der Waals surface area contributed by atoms with Crippen molar-refractivity contribution in [3.8, 4) is 17.1 Å². The molecule has 0 aliphatic carbocycles. The Labute approximate surface area is 258 Å². The summed E-state index contributed by atoms with van der Waals surface area (Å²) in [5.41, 5.74) is -5.65. The molecular formula is C31H30F7N7O. The second-order valence-electron chi connectivity index (χ2n) is 13.0. The highest BCUT2D eigenvalue weighted by Gasteiger charge is 2.49. The maximum atomic E-state index is 16.8. The van der Waals surface area contributed by atoms with E-state index >= 15 is 13.2 Å². The lowest BCUT2D eigenvalue weighted by Gasteiger charge is -2.34. The highest BCUT2D eigenvalue weighted by atomic mass is 19.4. The van der Waals surface area contributed by atoms with Gasteiger partial charge in [0.25, 0.3) is 0 Å². The van der Waals surface area contributed by atoms with Crippen molar-refractivity contribution in [3.05, 3.63) is 40.8 Å². The molecule has 0 amide bonds. The van der Waals surface area contributed by atoms with Gasteiger partial charge in [0, 0.05) is 54.5 Å². The number of piperazine rings is 1. The Bertz CT molecular complexity index is 1870. The Morgan fingerprint density at radius 2 is 1.78 bits per heavy atom. The normalized spacial score (nSPS) is 26.5. The topological polar surface area (TPSA) is 82.2 Å². The molecule has 2 unspecified atom stereocenters. The third kappa shape index (κ3) is 4.52. The predicted molar refractivity (Wildman–Crippen MR) is 155 cm³/mol. The molecule has 4 aromatic rings. The van der Waals surface area contributed by atoms with E-state index in [1.54, 1.807) is 0 Å². The van der Waals surface area contributed by atoms with Crippen LogP contribution in [0, 0.1) is 24.4 Å². The van der Waals surface area contributed by atoms with Gasteiger partial charge in [0.2, 0.25) is 0 Å². The minimum atomic E-state index is -5.16. The molecule has 15 heteroatoms. The largest absolute Gasteiger partial charge is 0.461 e. The quantitative estimate of drug-likeness (QED) is 0.264. The number of fused-ring (bicyclic) bond motifs is 5. The fraction of sp³-hybridized carbons (Fsp3) is 0.516. The maximum absolute atomic E-state index is 16.8. The van der Waals surface area contributed by atoms with Gasteiger partial charge in [0.1, 0.15) is 35.4 Å². The summed E-state index contributed by atoms with van der Waals surface area (Å²) in [4.78, 5) is 12.8. The van der Waals surface area contributed by atoms with Gasteiger partial charge in [-0.3, -0.25) is 10.00 Å². The van der Waals surface area contributed by atoms with E-state index in [0.717, 1.165) is 45.0 Å². The summed E-state index contributed by atoms with van der Waals surface area (Å²) >= 11 is 0. The van der Waals surface area contributed by atoms with Gasteiger partial charge in [-0.05, 0) is 50.8 Å². The molecule has 4 fully saturated rings. The average Bonchev–Trinajstić information content (AvgIpc) is 3.77. The van der Waals surface area contributed by atoms with E-state index in [0.29, 0.717) is 19.5 Å². The fourth-order valence-corrected chi connectivity index (χ4v) is 8.19. The van der Waals surface area contributed by atoms with E-state index in [2.05, 4.69) is 25.5 Å². The summed E-state index contributed by atoms with van der Waals surface area (Å²) in [7, 11) is 0. The molecule has 0 radical (unpaired) electrons. The van der Waals surface area contributed by atoms with E-state index in [1.165, 1.54) is 0 Å². The number of halogens is 7. The van der Waals surface area contributed by atoms with Crippen molar-refractivity contribution < 1.29 is 35.5 Å². The Hall–Kier alpha value is -3.72. The zero-order valence-electron chi connectivity index (χ0n) is 24.7. The molecular weight excluding hydrogens is 619 g/mol. The summed E-state index contributed by atoms with van der Waals surface area (Å²) in [5, 5.41) is 9.00. The molecule has 2 aromatic heterocycles. The zero-order valence-corrected chi connectivity index (χ0v) is 24.7. The maximum Gasteiger partial charge on any atom is 0.417 e. The zero-order chi connectivity index (χ0) is 32.1. The van der Waals surface area contributed by atoms with Crippen molar-refractivity contribution in [1.82, 2.24) is 30.4 Å². The number of anilines is 1. The second kappa shape index (κ2) is 10.4. The van der Waals surface area contributed by atoms with Crippen molar-refractivity contribution in [2.24, 2.45) is 0 Å². The lowest BCUT2D eigenvalue weighted by molar-refractivity contribution is -0.137. The standard InChI is InChI=1S/C31H30F7N7O/c1-14-23(31(36,37)38)21(19-9-39-43-27(19)24(14)34)22-20(33)7-18-26(25(22)35)41-29(42-28(18)44-11-16-3-4-17(12-44)40-16)46-13-30-5-2-6-45(30)10-15(32)8-30/h7,9,15-17,40H,2-6,8,10-13H2,1H3,(H,39,43)/t15-,16?,17?,30+/m1/s1. The molecule has 4 aliphatic rings. The Balaban J connectivity index is 1.32. The van der Waals surface area contributed by atoms with Crippen LogP contribution in [0.25, 0.3) is 32.9 Å². The van der Waals surface area contributed by atoms with Gasteiger partial charge in [-0.1, -0.05) is 0 Å². The van der Waals surface area contributed by atoms with Gasteiger partial charge in [0.15, 0.2) is 11.6 Å². The molecule has 2 N–H and O–H groups in total. The minimum absolute atomic E-state index is 0.0336. The number of H-pyrrole nitrogens is 1. The summed E-state index contributed by atoms with van der Waals surface area (Å²) in [5.74, 6) is -3.69. The lowest BCUT2D eigenvalue weighted by atomic mass is 9.90. The summed E-state index contributed by atoms with van der Waals surface area (Å²) in [6.07, 6.45) is -1.62. The van der Waals surface area contributed by atoms with Crippen LogP contribution in [0.3, 0.4) is 0 Å². The van der Waals surface area contributed by atoms with E-state index in [1.807, 2.05) is 9.80 Å². The number of nitrogens with one attached hydrogen (secondary N) is 2. The van der Waals surface area contributed by atoms with Crippen LogP contribution in [0.1, 0.15) is 43.2 Å². The molecule has 2 bridgehead atoms. The first-order valence-corrected chi connectivity index (χ1v) is 15.4. The number of nitrogens with zero attached hydrogens (tertiary/aromatic N) is 5. The monoisotopic (exact) mass is 649 g/mol. The molecule has 244 valence electrons. The highest BCUT2D eigenvalue weighted by molar-refractivity contribution is 6.01. The molecule has 46 heavy (non-hydrogen) atoms. The third-order valence-electron chi connectivity index (χ3n) is 10.2. The molecule has 2 aromatic carbocycles. The van der Waals surface area contributed by atoms with E-state index in [9.17, 15) is 17.6 Å². The van der Waals surface area contributed by atoms with Crippen LogP contribution >= 0.6 is 0 Å². The van der Waals surface area contributed by atoms with Crippen molar-refractivity contribution in [2.75, 3.05) is 37.7 Å². The van der Waals surface area contributed by atoms with E-state index < -0.39 is 74.0 Å². The first-order valence-electron chi connectivity index (χ1n) is 15.4. The number of aromatic amines is 1. The summed E-state index contributed by atoms with van der Waals surface area (Å²) in [6.45, 7) is 2.91. The number of benzene rings is 2. The Kier molecular flexibility index (Phi) is 6.70. The van der Waals surface area contributed by atoms with Gasteiger partial charge < -0.3 is 15.0 Å². The highest BCUT2D eigenvalue weighted by Crippen LogP contribution is 2.47. The first-order chi connectivity index (χ1) is 21.9. The Morgan fingerprint density at radius 1 is 1.02 bits per heavy atom. The molecule has 8 rings (SSSR count). The number of hydrogen-bond acceptors (Lipinski definition) is 7. The summed E-state index contributed by atoms with van der Waals surface area (Å²) < 4.78 is 112. The van der Waals surface area contributed by atoms with Crippen LogP contribution in [0.15, 0.2) is 12.3 Å². The van der Waals surface area contributed by atoms with E-state index in [-0.39, 0.29) is 48.9 Å². The van der Waals surface area contributed by atoms with Crippen LogP contribution in [-0.4, -0.2) is 81.6 Å². The van der Waals surface area contributed by atoms with Crippen molar-refractivity contribution >= 4 is 27.6 Å². The van der Waals surface area contributed by atoms with Crippen LogP contribution in [0.2, 0.25) is 0 Å². The molecule has 0 saturated carbocycles. The number of hydrogen-bond donors (Lipinski definition) is 2. The molecule has 6 heterocycles. The van der Waals surface area contributed by atoms with Gasteiger partial charge >= 0.3 is 12.2 Å². The Morgan fingerprint density at radius 3 is 2.52 bits per heavy atom. The second-order valence-corrected chi connectivity index (χ2v) is 13.0. The lowest BCUT2D eigenvalue weighted by Crippen LogP contribution is -2.51. The molecule has 4 saturated heterocycles. The van der Waals surface area contributed by atoms with E-state index in [4.69, 9.17) is 4.74 Å². The number of rotatable bonds is 5. The third-order valence-corrected chi connectivity index (χ3v) is 10.2. The summed E-state index contributed by atoms with van der Waals surface area (Å²) in [6, 6.07) is 0.940. The molecule has 8 nitrogen and oxygen atoms in total. The fourth-order valence-electron chi connectivity index (χ4n) is 8.19. The van der Waals surface area contributed by atoms with Gasteiger partial charge in [0.05, 0.1) is 22.9 Å². The number of ether oxygens (including phenoxy) is 1.